The number of carbonyl (C=O) groups excluding carboxylic acids is 2. The summed E-state index contributed by atoms with van der Waals surface area (Å²) in [5.74, 6) is -2.33. The molecule has 1 unspecified atom stereocenters. The van der Waals surface area contributed by atoms with Gasteiger partial charge in [-0.3, -0.25) is 9.63 Å². The number of nitrogens with one attached hydrogen (secondary N) is 2. The molecule has 0 heterocycles. The second kappa shape index (κ2) is 11.3. The minimum Gasteiger partial charge on any atom is -0.479 e. The summed E-state index contributed by atoms with van der Waals surface area (Å²) in [5, 5.41) is 12.0. The normalized spacial score (nSPS) is 19.8. The lowest BCUT2D eigenvalue weighted by Crippen LogP contribution is -2.49. The molecular formula is C26H30N2O7. The Kier molecular flexibility index (Phi) is 7.99. The van der Waals surface area contributed by atoms with Crippen LogP contribution in [0.3, 0.4) is 0 Å². The largest absolute Gasteiger partial charge is 0.479 e. The highest BCUT2D eigenvalue weighted by Crippen LogP contribution is 2.44. The van der Waals surface area contributed by atoms with Crippen LogP contribution in [0.5, 0.6) is 0 Å². The van der Waals surface area contributed by atoms with E-state index in [-0.39, 0.29) is 19.1 Å². The number of hydrogen-bond acceptors (Lipinski definition) is 6. The third-order valence-electron chi connectivity index (χ3n) is 6.64. The number of carboxylic acid groups (broad SMARTS) is 1. The molecule has 9 nitrogen and oxygen atoms in total. The van der Waals surface area contributed by atoms with E-state index in [1.165, 1.54) is 7.11 Å². The van der Waals surface area contributed by atoms with Gasteiger partial charge in [0.15, 0.2) is 0 Å². The zero-order valence-electron chi connectivity index (χ0n) is 19.6. The van der Waals surface area contributed by atoms with Crippen molar-refractivity contribution in [2.45, 2.75) is 43.7 Å². The zero-order valence-corrected chi connectivity index (χ0v) is 19.6. The minimum atomic E-state index is -1.32. The summed E-state index contributed by atoms with van der Waals surface area (Å²) in [6.45, 7) is -0.0223. The second-order valence-corrected chi connectivity index (χ2v) is 8.83. The molecule has 2 aliphatic rings. The number of fused-ring (bicyclic) bond motifs is 3. The van der Waals surface area contributed by atoms with Gasteiger partial charge in [0, 0.05) is 19.1 Å². The molecule has 2 aromatic rings. The molecular weight excluding hydrogens is 452 g/mol. The summed E-state index contributed by atoms with van der Waals surface area (Å²) >= 11 is 0. The van der Waals surface area contributed by atoms with E-state index < -0.39 is 36.0 Å². The quantitative estimate of drug-likeness (QED) is 0.469. The predicted molar refractivity (Wildman–Crippen MR) is 126 cm³/mol. The van der Waals surface area contributed by atoms with Gasteiger partial charge in [-0.25, -0.2) is 15.1 Å². The van der Waals surface area contributed by atoms with Gasteiger partial charge in [0.25, 0.3) is 0 Å². The van der Waals surface area contributed by atoms with Crippen LogP contribution in [0, 0.1) is 5.92 Å². The molecule has 3 N–H and O–H groups in total. The Hall–Kier alpha value is -3.43. The highest BCUT2D eigenvalue weighted by atomic mass is 16.7. The molecule has 0 aromatic heterocycles. The lowest BCUT2D eigenvalue weighted by Gasteiger charge is -2.31. The minimum absolute atomic E-state index is 0.0549. The van der Waals surface area contributed by atoms with Crippen molar-refractivity contribution in [1.29, 1.82) is 0 Å². The number of rotatable bonds is 9. The number of ether oxygens (including phenoxy) is 2. The fraction of sp³-hybridized carbons (Fsp3) is 0.423. The molecule has 1 fully saturated rings. The third-order valence-corrected chi connectivity index (χ3v) is 6.64. The van der Waals surface area contributed by atoms with Gasteiger partial charge >= 0.3 is 12.1 Å². The molecule has 0 bridgehead atoms. The molecule has 3 atom stereocenters. The molecule has 35 heavy (non-hydrogen) atoms. The second-order valence-electron chi connectivity index (χ2n) is 8.83. The van der Waals surface area contributed by atoms with Gasteiger partial charge < -0.3 is 19.9 Å². The van der Waals surface area contributed by atoms with Crippen molar-refractivity contribution >= 4 is 18.0 Å². The van der Waals surface area contributed by atoms with Crippen LogP contribution in [0.1, 0.15) is 42.7 Å². The van der Waals surface area contributed by atoms with E-state index in [1.54, 1.807) is 0 Å². The SMILES string of the molecule is COCC(ONC(=O)[C@H]1CCCC[C@H]1NC(=O)OCC1c2ccccc2-c2ccccc21)C(=O)O. The van der Waals surface area contributed by atoms with E-state index >= 15 is 0 Å². The van der Waals surface area contributed by atoms with Gasteiger partial charge in [0.2, 0.25) is 12.0 Å². The Labute approximate surface area is 203 Å². The maximum Gasteiger partial charge on any atom is 0.407 e. The molecule has 0 aliphatic heterocycles. The van der Waals surface area contributed by atoms with Crippen LogP contribution in [-0.4, -0.2) is 55.5 Å². The number of amides is 2. The standard InChI is InChI=1S/C26H30N2O7/c1-33-15-23(25(30)31)35-28-24(29)20-12-6-7-13-22(20)27-26(32)34-14-21-18-10-4-2-8-16(18)17-9-3-5-11-19(17)21/h2-5,8-11,20-23H,6-7,12-15H2,1H3,(H,27,32)(H,28,29)(H,30,31)/t20-,22+,23?/m0/s1. The maximum atomic E-state index is 12.7. The van der Waals surface area contributed by atoms with Crippen LogP contribution in [0.15, 0.2) is 48.5 Å². The first-order valence-corrected chi connectivity index (χ1v) is 11.8. The Morgan fingerprint density at radius 1 is 1.00 bits per heavy atom. The van der Waals surface area contributed by atoms with E-state index in [1.807, 2.05) is 24.3 Å². The number of carboxylic acids is 1. The van der Waals surface area contributed by atoms with Crippen LogP contribution in [0.4, 0.5) is 4.79 Å². The van der Waals surface area contributed by atoms with Gasteiger partial charge in [-0.15, -0.1) is 0 Å². The number of carbonyl (C=O) groups is 3. The summed E-state index contributed by atoms with van der Waals surface area (Å²) in [6.07, 6.45) is 0.942. The van der Waals surface area contributed by atoms with Crippen LogP contribution < -0.4 is 10.8 Å². The van der Waals surface area contributed by atoms with Crippen LogP contribution >= 0.6 is 0 Å². The average Bonchev–Trinajstić information content (AvgIpc) is 3.19. The summed E-state index contributed by atoms with van der Waals surface area (Å²) in [4.78, 5) is 41.6. The predicted octanol–water partition coefficient (Wildman–Crippen LogP) is 3.23. The Morgan fingerprint density at radius 3 is 2.26 bits per heavy atom. The topological polar surface area (TPSA) is 123 Å². The van der Waals surface area contributed by atoms with Crippen molar-refractivity contribution in [3.8, 4) is 11.1 Å². The van der Waals surface area contributed by atoms with Crippen LogP contribution in [0.2, 0.25) is 0 Å². The van der Waals surface area contributed by atoms with E-state index in [9.17, 15) is 14.4 Å². The zero-order chi connectivity index (χ0) is 24.8. The molecule has 2 amide bonds. The smallest absolute Gasteiger partial charge is 0.407 e. The maximum absolute atomic E-state index is 12.7. The van der Waals surface area contributed by atoms with Crippen LogP contribution in [0.25, 0.3) is 11.1 Å². The Morgan fingerprint density at radius 2 is 1.63 bits per heavy atom. The van der Waals surface area contributed by atoms with Crippen LogP contribution in [-0.2, 0) is 23.9 Å². The molecule has 9 heteroatoms. The average molecular weight is 483 g/mol. The highest BCUT2D eigenvalue weighted by Gasteiger charge is 2.34. The van der Waals surface area contributed by atoms with Gasteiger partial charge in [-0.05, 0) is 35.1 Å². The monoisotopic (exact) mass is 482 g/mol. The lowest BCUT2D eigenvalue weighted by molar-refractivity contribution is -0.166. The van der Waals surface area contributed by atoms with E-state index in [0.29, 0.717) is 12.8 Å². The number of benzene rings is 2. The number of aliphatic carboxylic acids is 1. The van der Waals surface area contributed by atoms with E-state index in [4.69, 9.17) is 19.4 Å². The van der Waals surface area contributed by atoms with Gasteiger partial charge in [-0.1, -0.05) is 61.4 Å². The van der Waals surface area contributed by atoms with E-state index in [0.717, 1.165) is 35.1 Å². The van der Waals surface area contributed by atoms with Crippen molar-refractivity contribution in [3.63, 3.8) is 0 Å². The number of methoxy groups -OCH3 is 1. The molecule has 186 valence electrons. The van der Waals surface area contributed by atoms with Crippen molar-refractivity contribution < 1.29 is 33.8 Å². The first-order chi connectivity index (χ1) is 17.0. The lowest BCUT2D eigenvalue weighted by atomic mass is 9.84. The van der Waals surface area contributed by atoms with Crippen molar-refractivity contribution in [2.75, 3.05) is 20.3 Å². The number of alkyl carbamates (subject to hydrolysis) is 1. The third kappa shape index (κ3) is 5.63. The molecule has 1 saturated carbocycles. The summed E-state index contributed by atoms with van der Waals surface area (Å²) < 4.78 is 10.4. The van der Waals surface area contributed by atoms with Gasteiger partial charge in [0.05, 0.1) is 12.5 Å². The van der Waals surface area contributed by atoms with E-state index in [2.05, 4.69) is 35.1 Å². The van der Waals surface area contributed by atoms with Gasteiger partial charge in [-0.2, -0.15) is 0 Å². The fourth-order valence-electron chi connectivity index (χ4n) is 4.92. The first kappa shape index (κ1) is 24.7. The molecule has 4 rings (SSSR count). The molecule has 0 radical (unpaired) electrons. The Balaban J connectivity index is 1.35. The molecule has 2 aliphatic carbocycles. The number of hydroxylamine groups is 1. The summed E-state index contributed by atoms with van der Waals surface area (Å²) in [6, 6.07) is 15.8. The first-order valence-electron chi connectivity index (χ1n) is 11.8. The molecule has 2 aromatic carbocycles. The molecule has 0 spiro atoms. The highest BCUT2D eigenvalue weighted by molar-refractivity contribution is 5.81. The molecule has 0 saturated heterocycles. The van der Waals surface area contributed by atoms with Crippen molar-refractivity contribution in [2.24, 2.45) is 5.92 Å². The fourth-order valence-corrected chi connectivity index (χ4v) is 4.92. The van der Waals surface area contributed by atoms with Crippen molar-refractivity contribution in [1.82, 2.24) is 10.8 Å². The Bertz CT molecular complexity index is 1030. The van der Waals surface area contributed by atoms with Gasteiger partial charge in [0.1, 0.15) is 6.61 Å². The number of hydrogen-bond donors (Lipinski definition) is 3. The van der Waals surface area contributed by atoms with Crippen molar-refractivity contribution in [3.05, 3.63) is 59.7 Å². The summed E-state index contributed by atoms with van der Waals surface area (Å²) in [7, 11) is 1.34. The summed E-state index contributed by atoms with van der Waals surface area (Å²) in [5.41, 5.74) is 6.77.